The Kier molecular flexibility index (Phi) is 16.7. The molecule has 0 radical (unpaired) electrons. The van der Waals surface area contributed by atoms with Crippen LogP contribution < -0.4 is 42.5 Å². The Morgan fingerprint density at radius 3 is 1.46 bits per heavy atom. The molecule has 0 fully saturated rings. The summed E-state index contributed by atoms with van der Waals surface area (Å²) in [5.41, 5.74) is 1.79. The third kappa shape index (κ3) is 13.7. The molecule has 0 atom stereocenters. The van der Waals surface area contributed by atoms with E-state index in [1.807, 2.05) is 19.0 Å². The van der Waals surface area contributed by atoms with Gasteiger partial charge >= 0.3 is 0 Å². The molecule has 6 aromatic rings. The number of imidazole rings is 3. The van der Waals surface area contributed by atoms with Gasteiger partial charge in [0.05, 0.1) is 17.1 Å². The molecule has 8 amide bonds. The Morgan fingerprint density at radius 1 is 0.465 bits per heavy atom. The molecule has 0 aliphatic heterocycles. The predicted octanol–water partition coefficient (Wildman–Crippen LogP) is 1.25. The van der Waals surface area contributed by atoms with Crippen LogP contribution in [0, 0.1) is 0 Å². The van der Waals surface area contributed by atoms with Crippen molar-refractivity contribution in [2.24, 2.45) is 42.3 Å². The number of carbonyl (C=O) groups is 8. The second kappa shape index (κ2) is 23.0. The summed E-state index contributed by atoms with van der Waals surface area (Å²) in [4.78, 5) is 117. The molecule has 0 bridgehead atoms. The molecule has 0 aliphatic rings. The molecule has 6 heterocycles. The summed E-state index contributed by atoms with van der Waals surface area (Å²) in [5, 5.41) is 21.8. The number of nitrogens with one attached hydrogen (secondary N) is 8. The summed E-state index contributed by atoms with van der Waals surface area (Å²) >= 11 is 0. The zero-order valence-corrected chi connectivity index (χ0v) is 40.7. The Morgan fingerprint density at radius 2 is 0.944 bits per heavy atom. The van der Waals surface area contributed by atoms with E-state index < -0.39 is 35.4 Å². The maximum atomic E-state index is 13.3. The van der Waals surface area contributed by atoms with E-state index in [2.05, 4.69) is 57.5 Å². The smallest absolute Gasteiger partial charge is 0.292 e. The van der Waals surface area contributed by atoms with Crippen molar-refractivity contribution >= 4 is 76.0 Å². The van der Waals surface area contributed by atoms with Crippen molar-refractivity contribution in [1.82, 2.24) is 63.2 Å². The molecular weight excluding hydrogens is 921 g/mol. The zero-order chi connectivity index (χ0) is 51.5. The Hall–Kier alpha value is -8.81. The molecule has 26 nitrogen and oxygen atoms in total. The number of anilines is 5. The summed E-state index contributed by atoms with van der Waals surface area (Å²) in [6.07, 6.45) is 12.0. The topological polar surface area (TPSA) is 304 Å². The van der Waals surface area contributed by atoms with Crippen molar-refractivity contribution in [3.63, 3.8) is 0 Å². The lowest BCUT2D eigenvalue weighted by atomic mass is 10.3. The fourth-order valence-corrected chi connectivity index (χ4v) is 7.22. The molecule has 0 spiro atoms. The van der Waals surface area contributed by atoms with Crippen molar-refractivity contribution in [3.05, 3.63) is 96.1 Å². The molecule has 6 aromatic heterocycles. The second-order valence-electron chi connectivity index (χ2n) is 16.9. The number of hydrogen-bond acceptors (Lipinski definition) is 12. The molecule has 26 heteroatoms. The van der Waals surface area contributed by atoms with Crippen LogP contribution in [0.3, 0.4) is 0 Å². The third-order valence-electron chi connectivity index (χ3n) is 10.8. The van der Waals surface area contributed by atoms with Crippen molar-refractivity contribution in [3.8, 4) is 0 Å². The SMILES string of the molecule is CN(C)CCCNC(=O)CCNC(=O)c1cc(NC(=O)c2cc(NC(=O)c3cc(NC(=O)CCCNC(=O)c4nc(NC(=O)c5nc(NC(=O)c6nccn6C)cn5C)cn4C)cn3C)cn2C)cn1C. The number of rotatable bonds is 22. The van der Waals surface area contributed by atoms with Crippen LogP contribution in [-0.2, 0) is 51.9 Å². The van der Waals surface area contributed by atoms with E-state index in [1.54, 1.807) is 76.2 Å². The number of hydrogen-bond donors (Lipinski definition) is 8. The van der Waals surface area contributed by atoms with Crippen LogP contribution in [0.1, 0.15) is 89.0 Å². The van der Waals surface area contributed by atoms with E-state index >= 15 is 0 Å². The standard InChI is InChI=1S/C45H58N18O8/c1-57(2)17-10-14-46-35(64)12-15-49-40(66)30-20-28(23-59(30)4)51-42(68)32-21-29(24-61(32)6)52-41(67)31-19-27(22-60(31)5)50-36(65)11-9-13-48-43(69)38-53-33(25-62(38)7)56-45(71)39-54-34(26-63(39)8)55-44(70)37-47-16-18-58(37)3/h16,18-26H,9-15,17H2,1-8H3,(H,46,64)(H,48,69)(H,49,66)(H,50,65)(H,51,68)(H,52,67)(H,55,70)(H,56,71). The minimum Gasteiger partial charge on any atom is -0.356 e. The van der Waals surface area contributed by atoms with E-state index in [0.29, 0.717) is 23.6 Å². The van der Waals surface area contributed by atoms with Gasteiger partial charge in [0.25, 0.3) is 35.4 Å². The van der Waals surface area contributed by atoms with Crippen molar-refractivity contribution in [1.29, 1.82) is 0 Å². The summed E-state index contributed by atoms with van der Waals surface area (Å²) in [6.45, 7) is 1.68. The number of aryl methyl sites for hydroxylation is 6. The van der Waals surface area contributed by atoms with Gasteiger partial charge in [0, 0.05) is 118 Å². The summed E-state index contributed by atoms with van der Waals surface area (Å²) in [5.74, 6) is -3.23. The molecule has 376 valence electrons. The number of aromatic nitrogens is 9. The van der Waals surface area contributed by atoms with Crippen LogP contribution in [-0.4, -0.2) is 135 Å². The lowest BCUT2D eigenvalue weighted by Crippen LogP contribution is -2.32. The highest BCUT2D eigenvalue weighted by Crippen LogP contribution is 2.20. The first-order valence-electron chi connectivity index (χ1n) is 22.3. The highest BCUT2D eigenvalue weighted by molar-refractivity contribution is 6.08. The first kappa shape index (κ1) is 51.6. The van der Waals surface area contributed by atoms with Gasteiger partial charge in [0.15, 0.2) is 17.5 Å². The normalized spacial score (nSPS) is 11.0. The van der Waals surface area contributed by atoms with E-state index in [9.17, 15) is 38.4 Å². The number of carbonyl (C=O) groups excluding carboxylic acids is 8. The van der Waals surface area contributed by atoms with Crippen molar-refractivity contribution in [2.75, 3.05) is 66.9 Å². The highest BCUT2D eigenvalue weighted by atomic mass is 16.2. The van der Waals surface area contributed by atoms with Crippen LogP contribution in [0.25, 0.3) is 0 Å². The largest absolute Gasteiger partial charge is 0.356 e. The van der Waals surface area contributed by atoms with Gasteiger partial charge in [-0.05, 0) is 51.7 Å². The van der Waals surface area contributed by atoms with Gasteiger partial charge in [-0.15, -0.1) is 0 Å². The number of amides is 8. The maximum Gasteiger partial charge on any atom is 0.292 e. The molecule has 0 saturated heterocycles. The average Bonchev–Trinajstić information content (AvgIpc) is 4.17. The van der Waals surface area contributed by atoms with Gasteiger partial charge in [-0.3, -0.25) is 38.4 Å². The molecule has 6 rings (SSSR count). The van der Waals surface area contributed by atoms with Gasteiger partial charge in [0.2, 0.25) is 23.5 Å². The summed E-state index contributed by atoms with van der Waals surface area (Å²) < 4.78 is 9.03. The zero-order valence-electron chi connectivity index (χ0n) is 40.7. The van der Waals surface area contributed by atoms with Crippen LogP contribution in [0.4, 0.5) is 28.7 Å². The lowest BCUT2D eigenvalue weighted by molar-refractivity contribution is -0.121. The fraction of sp³-hybridized carbons (Fsp3) is 0.356. The van der Waals surface area contributed by atoms with E-state index in [-0.39, 0.29) is 90.4 Å². The van der Waals surface area contributed by atoms with Crippen LogP contribution >= 0.6 is 0 Å². The molecule has 71 heavy (non-hydrogen) atoms. The predicted molar refractivity (Wildman–Crippen MR) is 261 cm³/mol. The lowest BCUT2D eigenvalue weighted by Gasteiger charge is -2.10. The Labute approximate surface area is 407 Å². The van der Waals surface area contributed by atoms with E-state index in [4.69, 9.17) is 0 Å². The summed E-state index contributed by atoms with van der Waals surface area (Å²) in [7, 11) is 13.7. The van der Waals surface area contributed by atoms with Crippen LogP contribution in [0.2, 0.25) is 0 Å². The Balaban J connectivity index is 0.916. The van der Waals surface area contributed by atoms with Crippen LogP contribution in [0.5, 0.6) is 0 Å². The maximum absolute atomic E-state index is 13.3. The number of nitrogens with zero attached hydrogens (tertiary/aromatic N) is 10. The quantitative estimate of drug-likeness (QED) is 0.0446. The molecular formula is C45H58N18O8. The van der Waals surface area contributed by atoms with Gasteiger partial charge in [-0.1, -0.05) is 0 Å². The van der Waals surface area contributed by atoms with Gasteiger partial charge in [-0.2, -0.15) is 0 Å². The molecule has 0 aromatic carbocycles. The van der Waals surface area contributed by atoms with Crippen molar-refractivity contribution in [2.45, 2.75) is 25.7 Å². The minimum absolute atomic E-state index is 0.00383. The first-order valence-corrected chi connectivity index (χ1v) is 22.3. The van der Waals surface area contributed by atoms with Gasteiger partial charge in [-0.25, -0.2) is 15.0 Å². The van der Waals surface area contributed by atoms with Crippen LogP contribution in [0.15, 0.2) is 61.6 Å². The minimum atomic E-state index is -0.632. The monoisotopic (exact) mass is 978 g/mol. The van der Waals surface area contributed by atoms with Gasteiger partial charge in [0.1, 0.15) is 17.1 Å². The second-order valence-corrected chi connectivity index (χ2v) is 16.9. The Bertz CT molecular complexity index is 2960. The van der Waals surface area contributed by atoms with E-state index in [1.165, 1.54) is 55.1 Å². The molecule has 0 aliphatic carbocycles. The van der Waals surface area contributed by atoms with Gasteiger partial charge < -0.3 is 74.8 Å². The average molecular weight is 979 g/mol. The third-order valence-corrected chi connectivity index (χ3v) is 10.8. The fourth-order valence-electron chi connectivity index (χ4n) is 7.22. The van der Waals surface area contributed by atoms with Crippen molar-refractivity contribution < 1.29 is 38.4 Å². The highest BCUT2D eigenvalue weighted by Gasteiger charge is 2.22. The first-order chi connectivity index (χ1) is 33.8. The molecule has 0 unspecified atom stereocenters. The summed E-state index contributed by atoms with van der Waals surface area (Å²) in [6, 6.07) is 4.52. The molecule has 8 N–H and O–H groups in total. The van der Waals surface area contributed by atoms with E-state index in [0.717, 1.165) is 13.0 Å². The molecule has 0 saturated carbocycles.